The molecule has 0 unspecified atom stereocenters. The lowest BCUT2D eigenvalue weighted by Crippen LogP contribution is -2.12. The largest absolute Gasteiger partial charge is 0.494 e. The van der Waals surface area contributed by atoms with Crippen molar-refractivity contribution in [2.75, 3.05) is 6.61 Å². The third-order valence-electron chi connectivity index (χ3n) is 4.68. The molecule has 1 aromatic carbocycles. The molecule has 2 aromatic heterocycles. The highest BCUT2D eigenvalue weighted by Gasteiger charge is 2.20. The third-order valence-corrected chi connectivity index (χ3v) is 5.87. The van der Waals surface area contributed by atoms with E-state index in [4.69, 9.17) is 4.74 Å². The van der Waals surface area contributed by atoms with E-state index >= 15 is 0 Å². The molecule has 2 heterocycles. The van der Waals surface area contributed by atoms with Crippen molar-refractivity contribution in [2.45, 2.75) is 32.6 Å². The number of hydrogen-bond acceptors (Lipinski definition) is 5. The summed E-state index contributed by atoms with van der Waals surface area (Å²) in [4.78, 5) is 22.1. The first-order valence-electron chi connectivity index (χ1n) is 9.09. The van der Waals surface area contributed by atoms with Crippen molar-refractivity contribution in [1.82, 2.24) is 9.97 Å². The second kappa shape index (κ2) is 7.37. The van der Waals surface area contributed by atoms with E-state index in [9.17, 15) is 10.1 Å². The molecule has 0 aliphatic heterocycles. The number of aromatic amines is 1. The fraction of sp³-hybridized carbons (Fsp3) is 0.286. The molecular formula is C21H19N3O2S. The number of nitriles is 1. The average molecular weight is 377 g/mol. The molecule has 0 saturated carbocycles. The molecule has 0 bridgehead atoms. The standard InChI is InChI=1S/C21H19N3O2S/c1-2-26-15-7-5-6-13(11-15)10-14(12-22)19-23-20(25)18-16-8-3-4-9-17(16)27-21(18)24-19/h5-7,10-11H,2-4,8-9H2,1H3,(H,23,24,25)/b14-10-. The summed E-state index contributed by atoms with van der Waals surface area (Å²) in [6, 6.07) is 9.66. The van der Waals surface area contributed by atoms with Crippen molar-refractivity contribution in [3.63, 3.8) is 0 Å². The summed E-state index contributed by atoms with van der Waals surface area (Å²) in [5.74, 6) is 1.06. The monoisotopic (exact) mass is 377 g/mol. The molecule has 27 heavy (non-hydrogen) atoms. The molecule has 0 fully saturated rings. The lowest BCUT2D eigenvalue weighted by Gasteiger charge is -2.09. The van der Waals surface area contributed by atoms with Crippen LogP contribution in [0.4, 0.5) is 0 Å². The van der Waals surface area contributed by atoms with Gasteiger partial charge in [0.15, 0.2) is 5.82 Å². The molecule has 5 nitrogen and oxygen atoms in total. The van der Waals surface area contributed by atoms with E-state index in [1.54, 1.807) is 17.4 Å². The minimum absolute atomic E-state index is 0.154. The highest BCUT2D eigenvalue weighted by Crippen LogP contribution is 2.34. The summed E-state index contributed by atoms with van der Waals surface area (Å²) in [6.45, 7) is 2.50. The molecule has 1 aliphatic rings. The fourth-order valence-corrected chi connectivity index (χ4v) is 4.73. The third kappa shape index (κ3) is 3.38. The van der Waals surface area contributed by atoms with Gasteiger partial charge in [0.1, 0.15) is 16.6 Å². The molecule has 6 heteroatoms. The molecule has 0 atom stereocenters. The molecule has 0 saturated heterocycles. The quantitative estimate of drug-likeness (QED) is 0.687. The topological polar surface area (TPSA) is 78.8 Å². The maximum Gasteiger partial charge on any atom is 0.260 e. The van der Waals surface area contributed by atoms with Crippen LogP contribution >= 0.6 is 11.3 Å². The molecule has 136 valence electrons. The summed E-state index contributed by atoms with van der Waals surface area (Å²) in [5, 5.41) is 10.3. The summed E-state index contributed by atoms with van der Waals surface area (Å²) < 4.78 is 5.51. The highest BCUT2D eigenvalue weighted by atomic mass is 32.1. The molecule has 4 rings (SSSR count). The molecule has 0 spiro atoms. The number of thiophene rings is 1. The number of nitrogens with one attached hydrogen (secondary N) is 1. The van der Waals surface area contributed by atoms with Gasteiger partial charge in [-0.05, 0) is 61.9 Å². The van der Waals surface area contributed by atoms with E-state index in [2.05, 4.69) is 16.0 Å². The van der Waals surface area contributed by atoms with Gasteiger partial charge in [-0.25, -0.2) is 4.98 Å². The Bertz CT molecular complexity index is 1130. The zero-order chi connectivity index (χ0) is 18.8. The first kappa shape index (κ1) is 17.5. The Kier molecular flexibility index (Phi) is 4.78. The van der Waals surface area contributed by atoms with Gasteiger partial charge in [0.2, 0.25) is 0 Å². The maximum atomic E-state index is 12.7. The van der Waals surface area contributed by atoms with Gasteiger partial charge in [-0.1, -0.05) is 12.1 Å². The Hall–Kier alpha value is -2.91. The zero-order valence-corrected chi connectivity index (χ0v) is 15.9. The number of aromatic nitrogens is 2. The van der Waals surface area contributed by atoms with Gasteiger partial charge in [0.25, 0.3) is 5.56 Å². The highest BCUT2D eigenvalue weighted by molar-refractivity contribution is 7.18. The van der Waals surface area contributed by atoms with Gasteiger partial charge in [-0.2, -0.15) is 5.26 Å². The Labute approximate surface area is 161 Å². The maximum absolute atomic E-state index is 12.7. The van der Waals surface area contributed by atoms with E-state index in [-0.39, 0.29) is 5.56 Å². The van der Waals surface area contributed by atoms with Gasteiger partial charge < -0.3 is 9.72 Å². The van der Waals surface area contributed by atoms with E-state index in [1.807, 2.05) is 31.2 Å². The van der Waals surface area contributed by atoms with E-state index in [0.29, 0.717) is 23.4 Å². The Morgan fingerprint density at radius 1 is 1.41 bits per heavy atom. The van der Waals surface area contributed by atoms with Gasteiger partial charge in [0, 0.05) is 4.88 Å². The summed E-state index contributed by atoms with van der Waals surface area (Å²) in [6.07, 6.45) is 5.94. The van der Waals surface area contributed by atoms with Gasteiger partial charge >= 0.3 is 0 Å². The fourth-order valence-electron chi connectivity index (χ4n) is 3.47. The van der Waals surface area contributed by atoms with Crippen LogP contribution in [0.2, 0.25) is 0 Å². The minimum Gasteiger partial charge on any atom is -0.494 e. The van der Waals surface area contributed by atoms with Crippen molar-refractivity contribution >= 4 is 33.2 Å². The number of rotatable bonds is 4. The van der Waals surface area contributed by atoms with Crippen LogP contribution in [0.5, 0.6) is 5.75 Å². The average Bonchev–Trinajstić information content (AvgIpc) is 3.05. The number of nitrogens with zero attached hydrogens (tertiary/aromatic N) is 2. The minimum atomic E-state index is -0.154. The van der Waals surface area contributed by atoms with Crippen LogP contribution in [0, 0.1) is 11.3 Å². The first-order chi connectivity index (χ1) is 13.2. The molecular weight excluding hydrogens is 358 g/mol. The van der Waals surface area contributed by atoms with Gasteiger partial charge in [0.05, 0.1) is 17.6 Å². The molecule has 0 radical (unpaired) electrons. The normalized spacial score (nSPS) is 14.0. The van der Waals surface area contributed by atoms with E-state index in [1.165, 1.54) is 4.88 Å². The van der Waals surface area contributed by atoms with Crippen molar-refractivity contribution < 1.29 is 4.74 Å². The number of allylic oxidation sites excluding steroid dienone is 1. The SMILES string of the molecule is CCOc1cccc(/C=C(/C#N)c2nc3sc4c(c3c(=O)[nH]2)CCCC4)c1. The van der Waals surface area contributed by atoms with Gasteiger partial charge in [-0.3, -0.25) is 4.79 Å². The van der Waals surface area contributed by atoms with Crippen LogP contribution in [-0.2, 0) is 12.8 Å². The Morgan fingerprint density at radius 3 is 3.07 bits per heavy atom. The number of hydrogen-bond donors (Lipinski definition) is 1. The number of ether oxygens (including phenoxy) is 1. The van der Waals surface area contributed by atoms with Crippen LogP contribution < -0.4 is 10.3 Å². The Balaban J connectivity index is 1.79. The van der Waals surface area contributed by atoms with Gasteiger partial charge in [-0.15, -0.1) is 11.3 Å². The number of aryl methyl sites for hydroxylation is 2. The Morgan fingerprint density at radius 2 is 2.26 bits per heavy atom. The van der Waals surface area contributed by atoms with Crippen LogP contribution in [-0.4, -0.2) is 16.6 Å². The second-order valence-corrected chi connectivity index (χ2v) is 7.56. The number of H-pyrrole nitrogens is 1. The number of benzene rings is 1. The second-order valence-electron chi connectivity index (χ2n) is 6.48. The van der Waals surface area contributed by atoms with Crippen LogP contribution in [0.3, 0.4) is 0 Å². The smallest absolute Gasteiger partial charge is 0.260 e. The number of fused-ring (bicyclic) bond motifs is 3. The van der Waals surface area contributed by atoms with Crippen LogP contribution in [0.25, 0.3) is 21.9 Å². The summed E-state index contributed by atoms with van der Waals surface area (Å²) in [5.41, 5.74) is 2.15. The predicted molar refractivity (Wildman–Crippen MR) is 108 cm³/mol. The molecule has 0 amide bonds. The summed E-state index contributed by atoms with van der Waals surface area (Å²) in [7, 11) is 0. The van der Waals surface area contributed by atoms with Crippen molar-refractivity contribution in [2.24, 2.45) is 0 Å². The van der Waals surface area contributed by atoms with Crippen LogP contribution in [0.15, 0.2) is 29.1 Å². The predicted octanol–water partition coefficient (Wildman–Crippen LogP) is 4.33. The lowest BCUT2D eigenvalue weighted by molar-refractivity contribution is 0.340. The summed E-state index contributed by atoms with van der Waals surface area (Å²) >= 11 is 1.58. The van der Waals surface area contributed by atoms with Crippen LogP contribution in [0.1, 0.15) is 41.6 Å². The van der Waals surface area contributed by atoms with E-state index < -0.39 is 0 Å². The zero-order valence-electron chi connectivity index (χ0n) is 15.0. The van der Waals surface area contributed by atoms with Crippen molar-refractivity contribution in [3.8, 4) is 11.8 Å². The molecule has 1 aliphatic carbocycles. The molecule has 1 N–H and O–H groups in total. The first-order valence-corrected chi connectivity index (χ1v) is 9.91. The molecule has 3 aromatic rings. The lowest BCUT2D eigenvalue weighted by atomic mass is 9.97. The van der Waals surface area contributed by atoms with Crippen molar-refractivity contribution in [3.05, 3.63) is 56.4 Å². The van der Waals surface area contributed by atoms with E-state index in [0.717, 1.165) is 47.4 Å². The van der Waals surface area contributed by atoms with Crippen molar-refractivity contribution in [1.29, 1.82) is 5.26 Å².